The molecule has 1 aliphatic rings. The van der Waals surface area contributed by atoms with Crippen molar-refractivity contribution in [3.8, 4) is 17.2 Å². The van der Waals surface area contributed by atoms with Crippen LogP contribution in [0.5, 0.6) is 17.2 Å². The molecular weight excluding hydrogens is 835 g/mol. The highest BCUT2D eigenvalue weighted by atomic mass is 127. The zero-order valence-corrected chi connectivity index (χ0v) is 31.0. The quantitative estimate of drug-likeness (QED) is 0.182. The van der Waals surface area contributed by atoms with Crippen LogP contribution >= 0.6 is 56.5 Å². The Kier molecular flexibility index (Phi) is 10.9. The zero-order chi connectivity index (χ0) is 33.1. The van der Waals surface area contributed by atoms with Crippen molar-refractivity contribution in [1.82, 2.24) is 9.47 Å². The molecule has 12 heteroatoms. The largest absolute Gasteiger partial charge is 0.497 e. The molecule has 0 aliphatic carbocycles. The van der Waals surface area contributed by atoms with Crippen molar-refractivity contribution in [2.75, 3.05) is 27.3 Å². The predicted molar refractivity (Wildman–Crippen MR) is 194 cm³/mol. The summed E-state index contributed by atoms with van der Waals surface area (Å²) in [5, 5.41) is 0. The third-order valence-corrected chi connectivity index (χ3v) is 10.1. The van der Waals surface area contributed by atoms with E-state index in [1.807, 2.05) is 26.0 Å². The summed E-state index contributed by atoms with van der Waals surface area (Å²) in [5.74, 6) is 1.06. The predicted octanol–water partition coefficient (Wildman–Crippen LogP) is 6.05. The van der Waals surface area contributed by atoms with E-state index in [2.05, 4.69) is 45.2 Å². The Labute approximate surface area is 297 Å². The van der Waals surface area contributed by atoms with E-state index in [1.54, 1.807) is 73.1 Å². The summed E-state index contributed by atoms with van der Waals surface area (Å²) in [7, 11) is 3.12. The number of amides is 1. The number of hydrogen-bond acceptors (Lipinski definition) is 7. The van der Waals surface area contributed by atoms with Gasteiger partial charge >= 0.3 is 0 Å². The molecule has 1 amide bonds. The van der Waals surface area contributed by atoms with Gasteiger partial charge in [-0.3, -0.25) is 14.2 Å². The van der Waals surface area contributed by atoms with Gasteiger partial charge in [-0.1, -0.05) is 29.5 Å². The Morgan fingerprint density at radius 1 is 1.09 bits per heavy atom. The second-order valence-corrected chi connectivity index (χ2v) is 13.8. The number of hydrogen-bond donors (Lipinski definition) is 0. The molecule has 0 spiro atoms. The minimum absolute atomic E-state index is 0.0248. The van der Waals surface area contributed by atoms with E-state index in [4.69, 9.17) is 19.2 Å². The molecule has 0 saturated heterocycles. The van der Waals surface area contributed by atoms with Gasteiger partial charge in [0.25, 0.3) is 11.5 Å². The molecule has 0 bridgehead atoms. The molecular formula is C34H32FI2N3O5S. The second kappa shape index (κ2) is 14.7. The number of aromatic nitrogens is 1. The summed E-state index contributed by atoms with van der Waals surface area (Å²) in [6, 6.07) is 14.9. The molecule has 1 atom stereocenters. The normalized spacial score (nSPS) is 14.5. The minimum Gasteiger partial charge on any atom is -0.497 e. The molecule has 1 aliphatic heterocycles. The Balaban J connectivity index is 1.72. The number of fused-ring (bicyclic) bond motifs is 1. The van der Waals surface area contributed by atoms with E-state index in [0.717, 1.165) is 7.14 Å². The van der Waals surface area contributed by atoms with Crippen molar-refractivity contribution in [1.29, 1.82) is 0 Å². The van der Waals surface area contributed by atoms with Crippen molar-refractivity contribution >= 4 is 68.5 Å². The number of methoxy groups -OCH3 is 2. The van der Waals surface area contributed by atoms with Gasteiger partial charge in [0.2, 0.25) is 0 Å². The van der Waals surface area contributed by atoms with Gasteiger partial charge in [-0.2, -0.15) is 0 Å². The molecule has 1 aromatic heterocycles. The van der Waals surface area contributed by atoms with Gasteiger partial charge in [0.05, 0.1) is 33.6 Å². The van der Waals surface area contributed by atoms with E-state index in [-0.39, 0.29) is 23.9 Å². The maximum Gasteiger partial charge on any atom is 0.271 e. The van der Waals surface area contributed by atoms with Crippen LogP contribution in [0.3, 0.4) is 0 Å². The number of nitrogens with zero attached hydrogens (tertiary/aromatic N) is 3. The highest BCUT2D eigenvalue weighted by Gasteiger charge is 2.36. The summed E-state index contributed by atoms with van der Waals surface area (Å²) in [6.07, 6.45) is 1.77. The third-order valence-electron chi connectivity index (χ3n) is 7.69. The molecule has 3 aromatic carbocycles. The van der Waals surface area contributed by atoms with E-state index >= 15 is 0 Å². The summed E-state index contributed by atoms with van der Waals surface area (Å²) in [6.45, 7) is 6.66. The van der Waals surface area contributed by atoms with Crippen molar-refractivity contribution in [2.45, 2.75) is 33.4 Å². The van der Waals surface area contributed by atoms with Crippen molar-refractivity contribution < 1.29 is 23.4 Å². The Morgan fingerprint density at radius 2 is 1.83 bits per heavy atom. The highest BCUT2D eigenvalue weighted by molar-refractivity contribution is 14.1. The molecule has 5 rings (SSSR count). The fraction of sp³-hybridized carbons (Fsp3) is 0.265. The number of thiazole rings is 1. The monoisotopic (exact) mass is 867 g/mol. The average molecular weight is 868 g/mol. The Bertz CT molecular complexity index is 2020. The van der Waals surface area contributed by atoms with Crippen molar-refractivity contribution in [2.24, 2.45) is 4.99 Å². The molecule has 0 fully saturated rings. The van der Waals surface area contributed by atoms with Gasteiger partial charge in [-0.15, -0.1) is 0 Å². The van der Waals surface area contributed by atoms with Crippen LogP contribution in [0.15, 0.2) is 75.7 Å². The van der Waals surface area contributed by atoms with Crippen LogP contribution < -0.4 is 29.1 Å². The fourth-order valence-electron chi connectivity index (χ4n) is 5.37. The van der Waals surface area contributed by atoms with Crippen LogP contribution in [0.1, 0.15) is 43.5 Å². The summed E-state index contributed by atoms with van der Waals surface area (Å²) in [5.41, 5.74) is 2.31. The molecule has 46 heavy (non-hydrogen) atoms. The number of ether oxygens (including phenoxy) is 3. The molecule has 0 radical (unpaired) electrons. The van der Waals surface area contributed by atoms with Gasteiger partial charge in [0.15, 0.2) is 4.80 Å². The first-order chi connectivity index (χ1) is 22.1. The molecule has 0 unspecified atom stereocenters. The number of halogens is 3. The second-order valence-electron chi connectivity index (χ2n) is 10.4. The van der Waals surface area contributed by atoms with Crippen LogP contribution in [0, 0.1) is 13.0 Å². The van der Waals surface area contributed by atoms with Crippen molar-refractivity contribution in [3.63, 3.8) is 0 Å². The SMILES string of the molecule is CCN(CC)C(=O)C1=C(C)N=c2s/c(=C/c3cc(I)cc(I)c3OCc3ccccc3F)c(=O)n2[C@@H]1c1cc(OC)ccc1OC. The molecule has 240 valence electrons. The first kappa shape index (κ1) is 34.1. The number of carbonyl (C=O) groups excluding carboxylic acids is 1. The summed E-state index contributed by atoms with van der Waals surface area (Å²) in [4.78, 5) is 35.4. The van der Waals surface area contributed by atoms with E-state index in [0.29, 0.717) is 67.6 Å². The number of rotatable bonds is 10. The maximum atomic E-state index is 14.4. The fourth-order valence-corrected chi connectivity index (χ4v) is 8.45. The summed E-state index contributed by atoms with van der Waals surface area (Å²) >= 11 is 5.63. The van der Waals surface area contributed by atoms with Crippen molar-refractivity contribution in [3.05, 3.63) is 115 Å². The Hall–Kier alpha value is -3.24. The highest BCUT2D eigenvalue weighted by Crippen LogP contribution is 2.38. The van der Waals surface area contributed by atoms with Gasteiger partial charge < -0.3 is 19.1 Å². The molecule has 0 N–H and O–H groups in total. The zero-order valence-electron chi connectivity index (χ0n) is 25.9. The van der Waals surface area contributed by atoms with E-state index in [9.17, 15) is 14.0 Å². The van der Waals surface area contributed by atoms with Crippen LogP contribution in [0.25, 0.3) is 6.08 Å². The molecule has 0 saturated carbocycles. The number of benzene rings is 3. The van der Waals surface area contributed by atoms with Gasteiger partial charge in [0, 0.05) is 33.4 Å². The van der Waals surface area contributed by atoms with Crippen LogP contribution in [0.2, 0.25) is 0 Å². The lowest BCUT2D eigenvalue weighted by Crippen LogP contribution is -2.43. The molecule has 4 aromatic rings. The lowest BCUT2D eigenvalue weighted by molar-refractivity contribution is -0.127. The number of allylic oxidation sites excluding steroid dienone is 1. The van der Waals surface area contributed by atoms with Gasteiger partial charge in [0.1, 0.15) is 35.7 Å². The number of carbonyl (C=O) groups is 1. The average Bonchev–Trinajstić information content (AvgIpc) is 3.34. The van der Waals surface area contributed by atoms with E-state index < -0.39 is 6.04 Å². The lowest BCUT2D eigenvalue weighted by Gasteiger charge is -2.30. The van der Waals surface area contributed by atoms with E-state index in [1.165, 1.54) is 17.4 Å². The first-order valence-electron chi connectivity index (χ1n) is 14.5. The minimum atomic E-state index is -0.815. The molecule has 2 heterocycles. The third kappa shape index (κ3) is 6.74. The smallest absolute Gasteiger partial charge is 0.271 e. The van der Waals surface area contributed by atoms with Crippen LogP contribution in [0.4, 0.5) is 4.39 Å². The summed E-state index contributed by atoms with van der Waals surface area (Å²) < 4.78 is 35.6. The molecule has 8 nitrogen and oxygen atoms in total. The van der Waals surface area contributed by atoms with Crippen LogP contribution in [-0.2, 0) is 11.4 Å². The Morgan fingerprint density at radius 3 is 2.50 bits per heavy atom. The standard InChI is InChI=1S/C34H32FI2N3O5S/c1-6-39(7-2)33(42)29-19(3)38-34-40(30(29)24-17-23(43-4)12-13-27(24)44-5)32(41)28(46-34)15-21-14-22(36)16-26(37)31(21)45-18-20-10-8-9-11-25(20)35/h8-17,30H,6-7,18H2,1-5H3/b28-15+/t30-/m1/s1. The number of likely N-dealkylation sites (N-methyl/N-ethyl adjacent to an activating group) is 1. The maximum absolute atomic E-state index is 14.4. The topological polar surface area (TPSA) is 82.4 Å². The van der Waals surface area contributed by atoms with Gasteiger partial charge in [-0.25, -0.2) is 9.38 Å². The lowest BCUT2D eigenvalue weighted by atomic mass is 9.93. The van der Waals surface area contributed by atoms with Gasteiger partial charge in [-0.05, 0) is 108 Å². The first-order valence-corrected chi connectivity index (χ1v) is 17.5. The van der Waals surface area contributed by atoms with Crippen LogP contribution in [-0.4, -0.2) is 42.7 Å².